The van der Waals surface area contributed by atoms with Gasteiger partial charge < -0.3 is 4.74 Å². The number of halogens is 1. The fourth-order valence-corrected chi connectivity index (χ4v) is 4.91. The van der Waals surface area contributed by atoms with Crippen molar-refractivity contribution in [2.45, 2.75) is 31.3 Å². The average Bonchev–Trinajstić information content (AvgIpc) is 3.18. The normalized spacial score (nSPS) is 11.8. The zero-order chi connectivity index (χ0) is 22.9. The molecule has 32 heavy (non-hydrogen) atoms. The maximum Gasteiger partial charge on any atom is 0.275 e. The molecule has 0 bridgehead atoms. The molecule has 0 saturated heterocycles. The van der Waals surface area contributed by atoms with E-state index in [1.165, 1.54) is 46.2 Å². The molecule has 0 unspecified atom stereocenters. The number of hydrogen-bond donors (Lipinski definition) is 1. The van der Waals surface area contributed by atoms with Crippen LogP contribution >= 0.6 is 22.9 Å². The first kappa shape index (κ1) is 22.3. The molecule has 0 atom stereocenters. The molecule has 0 spiro atoms. The van der Waals surface area contributed by atoms with Crippen LogP contribution in [0.2, 0.25) is 5.02 Å². The van der Waals surface area contributed by atoms with E-state index in [9.17, 15) is 13.2 Å². The highest BCUT2D eigenvalue weighted by molar-refractivity contribution is 7.92. The molecule has 4 rings (SSSR count). The summed E-state index contributed by atoms with van der Waals surface area (Å²) >= 11 is 7.19. The molecule has 0 aliphatic carbocycles. The molecule has 1 N–H and O–H groups in total. The van der Waals surface area contributed by atoms with Crippen molar-refractivity contribution < 1.29 is 13.2 Å². The standard InChI is InChI=1S/C21H19ClN4O4S2/c1-13(2)20-24-26-19(27)11-16(23-21(26)31-20)12-30-17-5-3-4-15(10-17)25-32(28,29)18-8-6-14(22)7-9-18/h3-11,13,25H,12H2,1-2H3. The van der Waals surface area contributed by atoms with Gasteiger partial charge in [-0.1, -0.05) is 42.9 Å². The maximum atomic E-state index is 12.6. The Hall–Kier alpha value is -2.95. The van der Waals surface area contributed by atoms with E-state index in [-0.39, 0.29) is 23.0 Å². The number of ether oxygens (including phenoxy) is 1. The van der Waals surface area contributed by atoms with Gasteiger partial charge in [0.15, 0.2) is 0 Å². The van der Waals surface area contributed by atoms with E-state index in [1.807, 2.05) is 13.8 Å². The van der Waals surface area contributed by atoms with Crippen LogP contribution in [0.5, 0.6) is 5.75 Å². The molecule has 0 radical (unpaired) electrons. The van der Waals surface area contributed by atoms with E-state index >= 15 is 0 Å². The van der Waals surface area contributed by atoms with Gasteiger partial charge in [0.25, 0.3) is 15.6 Å². The fourth-order valence-electron chi connectivity index (χ4n) is 2.81. The van der Waals surface area contributed by atoms with Gasteiger partial charge in [-0.25, -0.2) is 13.4 Å². The Morgan fingerprint density at radius 3 is 2.62 bits per heavy atom. The van der Waals surface area contributed by atoms with E-state index < -0.39 is 10.0 Å². The van der Waals surface area contributed by atoms with Crippen molar-refractivity contribution in [1.29, 1.82) is 0 Å². The van der Waals surface area contributed by atoms with Crippen LogP contribution in [0.1, 0.15) is 30.5 Å². The third-order valence-electron chi connectivity index (χ3n) is 4.40. The molecule has 2 aromatic carbocycles. The van der Waals surface area contributed by atoms with Gasteiger partial charge in [-0.15, -0.1) is 0 Å². The van der Waals surface area contributed by atoms with Gasteiger partial charge >= 0.3 is 0 Å². The minimum Gasteiger partial charge on any atom is -0.487 e. The Labute approximate surface area is 193 Å². The van der Waals surface area contributed by atoms with Crippen LogP contribution in [0.15, 0.2) is 64.3 Å². The van der Waals surface area contributed by atoms with Crippen molar-refractivity contribution in [1.82, 2.24) is 14.6 Å². The second-order valence-corrected chi connectivity index (χ2v) is 10.4. The number of rotatable bonds is 7. The third-order valence-corrected chi connectivity index (χ3v) is 7.26. The molecular formula is C21H19ClN4O4S2. The SMILES string of the molecule is CC(C)c1nn2c(=O)cc(COc3cccc(NS(=O)(=O)c4ccc(Cl)cc4)c3)nc2s1. The molecule has 11 heteroatoms. The highest BCUT2D eigenvalue weighted by atomic mass is 35.5. The van der Waals surface area contributed by atoms with Gasteiger partial charge in [0, 0.05) is 23.1 Å². The molecule has 0 amide bonds. The van der Waals surface area contributed by atoms with Crippen molar-refractivity contribution in [2.75, 3.05) is 4.72 Å². The minimum absolute atomic E-state index is 0.0496. The predicted octanol–water partition coefficient (Wildman–Crippen LogP) is 4.31. The summed E-state index contributed by atoms with van der Waals surface area (Å²) in [5.74, 6) is 0.621. The van der Waals surface area contributed by atoms with Gasteiger partial charge in [-0.3, -0.25) is 9.52 Å². The number of hydrogen-bond acceptors (Lipinski definition) is 7. The summed E-state index contributed by atoms with van der Waals surface area (Å²) in [6.07, 6.45) is 0. The fraction of sp³-hybridized carbons (Fsp3) is 0.190. The largest absolute Gasteiger partial charge is 0.487 e. The molecule has 4 aromatic rings. The lowest BCUT2D eigenvalue weighted by Crippen LogP contribution is -2.16. The zero-order valence-corrected chi connectivity index (χ0v) is 19.5. The van der Waals surface area contributed by atoms with Crippen molar-refractivity contribution >= 4 is 43.6 Å². The van der Waals surface area contributed by atoms with E-state index in [2.05, 4.69) is 14.8 Å². The Morgan fingerprint density at radius 1 is 1.16 bits per heavy atom. The summed E-state index contributed by atoms with van der Waals surface area (Å²) < 4.78 is 34.7. The van der Waals surface area contributed by atoms with Crippen LogP contribution in [-0.2, 0) is 16.6 Å². The second-order valence-electron chi connectivity index (χ2n) is 7.25. The maximum absolute atomic E-state index is 12.6. The van der Waals surface area contributed by atoms with Gasteiger partial charge in [0.05, 0.1) is 16.3 Å². The summed E-state index contributed by atoms with van der Waals surface area (Å²) in [5, 5.41) is 5.57. The number of aromatic nitrogens is 3. The van der Waals surface area contributed by atoms with E-state index in [0.29, 0.717) is 27.1 Å². The van der Waals surface area contributed by atoms with Gasteiger partial charge in [0.2, 0.25) is 4.96 Å². The lowest BCUT2D eigenvalue weighted by atomic mass is 10.2. The number of fused-ring (bicyclic) bond motifs is 1. The number of sulfonamides is 1. The first-order chi connectivity index (χ1) is 15.2. The molecule has 0 aliphatic rings. The molecule has 2 aromatic heterocycles. The van der Waals surface area contributed by atoms with Crippen LogP contribution < -0.4 is 15.0 Å². The van der Waals surface area contributed by atoms with Crippen molar-refractivity contribution in [3.05, 3.63) is 80.7 Å². The van der Waals surface area contributed by atoms with E-state index in [1.54, 1.807) is 24.3 Å². The van der Waals surface area contributed by atoms with Crippen molar-refractivity contribution in [3.8, 4) is 5.75 Å². The van der Waals surface area contributed by atoms with Crippen LogP contribution in [0.3, 0.4) is 0 Å². The van der Waals surface area contributed by atoms with Crippen molar-refractivity contribution in [2.24, 2.45) is 0 Å². The lowest BCUT2D eigenvalue weighted by Gasteiger charge is -2.10. The summed E-state index contributed by atoms with van der Waals surface area (Å²) in [6.45, 7) is 4.05. The molecule has 166 valence electrons. The summed E-state index contributed by atoms with van der Waals surface area (Å²) in [5.41, 5.74) is 0.521. The first-order valence-electron chi connectivity index (χ1n) is 9.62. The summed E-state index contributed by atoms with van der Waals surface area (Å²) in [6, 6.07) is 13.8. The Bertz CT molecular complexity index is 1430. The Balaban J connectivity index is 1.50. The molecular weight excluding hydrogens is 472 g/mol. The zero-order valence-electron chi connectivity index (χ0n) is 17.1. The lowest BCUT2D eigenvalue weighted by molar-refractivity contribution is 0.301. The second kappa shape index (κ2) is 8.89. The highest BCUT2D eigenvalue weighted by Crippen LogP contribution is 2.23. The number of nitrogens with one attached hydrogen (secondary N) is 1. The number of nitrogens with zero attached hydrogens (tertiary/aromatic N) is 3. The van der Waals surface area contributed by atoms with Gasteiger partial charge in [-0.05, 0) is 36.4 Å². The molecule has 0 fully saturated rings. The molecule has 0 saturated carbocycles. The van der Waals surface area contributed by atoms with E-state index in [4.69, 9.17) is 16.3 Å². The molecule has 0 aliphatic heterocycles. The summed E-state index contributed by atoms with van der Waals surface area (Å²) in [7, 11) is -3.77. The van der Waals surface area contributed by atoms with E-state index in [0.717, 1.165) is 5.01 Å². The first-order valence-corrected chi connectivity index (χ1v) is 12.3. The predicted molar refractivity (Wildman–Crippen MR) is 124 cm³/mol. The highest BCUT2D eigenvalue weighted by Gasteiger charge is 2.15. The van der Waals surface area contributed by atoms with Crippen LogP contribution in [-0.4, -0.2) is 23.0 Å². The third kappa shape index (κ3) is 4.93. The topological polar surface area (TPSA) is 103 Å². The Morgan fingerprint density at radius 2 is 1.91 bits per heavy atom. The quantitative estimate of drug-likeness (QED) is 0.414. The van der Waals surface area contributed by atoms with Gasteiger partial charge in [-0.2, -0.15) is 9.61 Å². The van der Waals surface area contributed by atoms with Crippen LogP contribution in [0, 0.1) is 0 Å². The monoisotopic (exact) mass is 490 g/mol. The molecule has 2 heterocycles. The van der Waals surface area contributed by atoms with Crippen LogP contribution in [0.25, 0.3) is 4.96 Å². The van der Waals surface area contributed by atoms with Crippen molar-refractivity contribution in [3.63, 3.8) is 0 Å². The van der Waals surface area contributed by atoms with Gasteiger partial charge in [0.1, 0.15) is 17.4 Å². The minimum atomic E-state index is -3.77. The average molecular weight is 491 g/mol. The Kier molecular flexibility index (Phi) is 6.18. The number of anilines is 1. The van der Waals surface area contributed by atoms with Crippen LogP contribution in [0.4, 0.5) is 5.69 Å². The number of benzene rings is 2. The summed E-state index contributed by atoms with van der Waals surface area (Å²) in [4.78, 5) is 17.4. The smallest absolute Gasteiger partial charge is 0.275 e. The molecule has 8 nitrogen and oxygen atoms in total.